The molecule has 1 atom stereocenters. The normalized spacial score (nSPS) is 14.5. The van der Waals surface area contributed by atoms with Crippen LogP contribution in [0.25, 0.3) is 0 Å². The number of hydrogen-bond donors (Lipinski definition) is 0. The first-order valence-corrected chi connectivity index (χ1v) is 28.3. The third-order valence-electron chi connectivity index (χ3n) is 13.6. The molecule has 86 heavy (non-hydrogen) atoms. The molecule has 0 aliphatic carbocycles. The topological polar surface area (TPSA) is 215 Å². The quantitative estimate of drug-likeness (QED) is 0.0513. The molecule has 6 aromatic carbocycles. The van der Waals surface area contributed by atoms with Crippen molar-refractivity contribution in [2.24, 2.45) is 10.8 Å². The molecular weight excluding hydrogens is 1110 g/mol. The number of fused-ring (bicyclic) bond motifs is 3. The molecule has 0 aromatic heterocycles. The van der Waals surface area contributed by atoms with Gasteiger partial charge >= 0.3 is 29.8 Å². The van der Waals surface area contributed by atoms with Crippen LogP contribution in [0.5, 0.6) is 80.5 Å². The molecule has 0 saturated heterocycles. The highest BCUT2D eigenvalue weighted by molar-refractivity contribution is 5.79. The van der Waals surface area contributed by atoms with Crippen molar-refractivity contribution in [3.05, 3.63) is 133 Å². The second-order valence-electron chi connectivity index (χ2n) is 23.0. The van der Waals surface area contributed by atoms with E-state index in [4.69, 9.17) is 66.3 Å². The number of hydrogen-bond acceptors (Lipinski definition) is 19. The molecule has 19 nitrogen and oxygen atoms in total. The molecule has 0 spiro atoms. The third kappa shape index (κ3) is 18.4. The zero-order valence-electron chi connectivity index (χ0n) is 51.2. The summed E-state index contributed by atoms with van der Waals surface area (Å²) in [6, 6.07) is 35.5. The molecule has 458 valence electrons. The van der Waals surface area contributed by atoms with E-state index in [-0.39, 0.29) is 31.8 Å². The molecule has 6 aromatic rings. The van der Waals surface area contributed by atoms with E-state index in [0.29, 0.717) is 99.3 Å². The highest BCUT2D eigenvalue weighted by Gasteiger charge is 2.35. The van der Waals surface area contributed by atoms with Gasteiger partial charge < -0.3 is 66.3 Å². The summed E-state index contributed by atoms with van der Waals surface area (Å²) in [6.45, 7) is 25.6. The second kappa shape index (κ2) is 27.3. The first-order valence-electron chi connectivity index (χ1n) is 28.3. The molecule has 19 heteroatoms. The first kappa shape index (κ1) is 64.4. The summed E-state index contributed by atoms with van der Waals surface area (Å²) in [5.74, 6) is 3.09. The van der Waals surface area contributed by atoms with Gasteiger partial charge in [0.2, 0.25) is 17.4 Å². The van der Waals surface area contributed by atoms with Gasteiger partial charge in [-0.25, -0.2) is 14.4 Å². The largest absolute Gasteiger partial charge is 0.482 e. The van der Waals surface area contributed by atoms with Crippen molar-refractivity contribution in [1.29, 1.82) is 0 Å². The Kier molecular flexibility index (Phi) is 20.4. The third-order valence-corrected chi connectivity index (χ3v) is 13.6. The maximum absolute atomic E-state index is 12.1. The van der Waals surface area contributed by atoms with Crippen molar-refractivity contribution in [3.63, 3.8) is 0 Å². The van der Waals surface area contributed by atoms with E-state index in [2.05, 4.69) is 13.8 Å². The van der Waals surface area contributed by atoms with Crippen LogP contribution in [0.4, 0.5) is 0 Å². The maximum atomic E-state index is 12.1. The van der Waals surface area contributed by atoms with Crippen LogP contribution in [-0.4, -0.2) is 67.0 Å². The summed E-state index contributed by atoms with van der Waals surface area (Å²) in [7, 11) is 0. The SMILES string of the molecule is CCC(C)(C)C(=O)Oc1ccc(OC(=O)COc2ccc3c(c2)OC(C)(C)O3)cc1.CCC(C)(C)C(=O)Oc1ccc(OCC(=O)Oc2ccc3c(c2)OC(C)(C)O3)cc1.CCC(C)c1ccc(OC(=O)COc2ccc3c(c2)OC(C)(C)O3)cc1. The summed E-state index contributed by atoms with van der Waals surface area (Å²) >= 11 is 0. The zero-order valence-corrected chi connectivity index (χ0v) is 51.2. The van der Waals surface area contributed by atoms with Gasteiger partial charge in [-0.15, -0.1) is 0 Å². The fraction of sp³-hybridized carbons (Fsp3) is 0.388. The lowest BCUT2D eigenvalue weighted by atomic mass is 9.91. The Bertz CT molecular complexity index is 3340. The van der Waals surface area contributed by atoms with Crippen LogP contribution in [0.3, 0.4) is 0 Å². The van der Waals surface area contributed by atoms with E-state index in [1.165, 1.54) is 5.56 Å². The van der Waals surface area contributed by atoms with Crippen LogP contribution in [0.1, 0.15) is 128 Å². The van der Waals surface area contributed by atoms with Gasteiger partial charge in [-0.3, -0.25) is 9.59 Å². The van der Waals surface area contributed by atoms with Crippen LogP contribution in [0.2, 0.25) is 0 Å². The fourth-order valence-corrected chi connectivity index (χ4v) is 7.82. The van der Waals surface area contributed by atoms with Gasteiger partial charge in [0.1, 0.15) is 46.0 Å². The standard InChI is InChI=1S/2C23H26O7.C21H24O5/c1-6-22(2,3)21(25)28-16-9-7-15(8-10-16)27-20(24)14-26-17-11-12-18-19(13-17)30-23(4,5)29-18;1-6-22(2,3)21(25)28-16-9-7-15(8-10-16)26-14-20(24)27-17-11-12-18-19(13-17)30-23(4,5)29-18;1-5-14(2)15-6-8-16(9-7-15)24-20(22)13-23-17-10-11-18-19(12-17)26-21(3,4)25-18/h2*7-13H,6,14H2,1-5H3;6-12,14H,5,13H2,1-4H3. The average Bonchev–Trinajstić information content (AvgIpc) is 4.07. The molecule has 3 heterocycles. The van der Waals surface area contributed by atoms with E-state index >= 15 is 0 Å². The van der Waals surface area contributed by atoms with E-state index in [0.717, 1.165) is 6.42 Å². The first-order chi connectivity index (χ1) is 40.5. The summed E-state index contributed by atoms with van der Waals surface area (Å²) in [5.41, 5.74) is 0.114. The molecular formula is C67H76O19. The van der Waals surface area contributed by atoms with Gasteiger partial charge in [0.25, 0.3) is 0 Å². The minimum Gasteiger partial charge on any atom is -0.482 e. The van der Waals surface area contributed by atoms with Crippen molar-refractivity contribution in [1.82, 2.24) is 0 Å². The Hall–Kier alpha value is -9.13. The number of rotatable bonds is 20. The highest BCUT2D eigenvalue weighted by Crippen LogP contribution is 2.44. The maximum Gasteiger partial charge on any atom is 0.349 e. The van der Waals surface area contributed by atoms with Gasteiger partial charge in [0, 0.05) is 59.7 Å². The Morgan fingerprint density at radius 1 is 0.372 bits per heavy atom. The minimum absolute atomic E-state index is 0.184. The molecule has 0 fully saturated rings. The summed E-state index contributed by atoms with van der Waals surface area (Å²) in [6.07, 6.45) is 2.42. The van der Waals surface area contributed by atoms with Crippen LogP contribution in [0, 0.1) is 10.8 Å². The molecule has 0 N–H and O–H groups in total. The van der Waals surface area contributed by atoms with E-state index in [9.17, 15) is 24.0 Å². The van der Waals surface area contributed by atoms with E-state index in [1.54, 1.807) is 117 Å². The molecule has 1 unspecified atom stereocenters. The summed E-state index contributed by atoms with van der Waals surface area (Å²) < 4.78 is 76.8. The van der Waals surface area contributed by atoms with Crippen LogP contribution < -0.4 is 66.3 Å². The van der Waals surface area contributed by atoms with Crippen LogP contribution in [-0.2, 0) is 24.0 Å². The second-order valence-corrected chi connectivity index (χ2v) is 23.0. The Morgan fingerprint density at radius 3 is 0.988 bits per heavy atom. The minimum atomic E-state index is -0.749. The van der Waals surface area contributed by atoms with Gasteiger partial charge in [0.05, 0.1) is 10.8 Å². The molecule has 3 aliphatic heterocycles. The highest BCUT2D eigenvalue weighted by atomic mass is 16.7. The fourth-order valence-electron chi connectivity index (χ4n) is 7.82. The Labute approximate surface area is 501 Å². The monoisotopic (exact) mass is 1180 g/mol. The zero-order chi connectivity index (χ0) is 62.6. The van der Waals surface area contributed by atoms with Crippen molar-refractivity contribution < 1.29 is 90.3 Å². The molecule has 0 bridgehead atoms. The molecule has 0 radical (unpaired) electrons. The van der Waals surface area contributed by atoms with Gasteiger partial charge in [-0.05, 0) is 156 Å². The van der Waals surface area contributed by atoms with Crippen molar-refractivity contribution in [2.45, 2.75) is 139 Å². The molecule has 9 rings (SSSR count). The lowest BCUT2D eigenvalue weighted by Crippen LogP contribution is -2.29. The summed E-state index contributed by atoms with van der Waals surface area (Å²) in [5, 5.41) is 0. The van der Waals surface area contributed by atoms with Crippen molar-refractivity contribution in [2.75, 3.05) is 19.8 Å². The number of ether oxygens (including phenoxy) is 14. The predicted octanol–water partition coefficient (Wildman–Crippen LogP) is 13.7. The van der Waals surface area contributed by atoms with Crippen molar-refractivity contribution >= 4 is 29.8 Å². The number of esters is 5. The molecule has 0 saturated carbocycles. The van der Waals surface area contributed by atoms with Crippen LogP contribution in [0.15, 0.2) is 127 Å². The molecule has 0 amide bonds. The van der Waals surface area contributed by atoms with Crippen LogP contribution >= 0.6 is 0 Å². The Balaban J connectivity index is 0.000000185. The average molecular weight is 1190 g/mol. The lowest BCUT2D eigenvalue weighted by Gasteiger charge is -2.20. The summed E-state index contributed by atoms with van der Waals surface area (Å²) in [4.78, 5) is 60.4. The van der Waals surface area contributed by atoms with E-state index < -0.39 is 46.1 Å². The Morgan fingerprint density at radius 2 is 0.640 bits per heavy atom. The van der Waals surface area contributed by atoms with Crippen molar-refractivity contribution in [3.8, 4) is 80.5 Å². The predicted molar refractivity (Wildman–Crippen MR) is 316 cm³/mol. The number of carbonyl (C=O) groups excluding carboxylic acids is 5. The van der Waals surface area contributed by atoms with Gasteiger partial charge in [-0.2, -0.15) is 0 Å². The molecule has 3 aliphatic rings. The van der Waals surface area contributed by atoms with Gasteiger partial charge in [-0.1, -0.05) is 39.8 Å². The number of carbonyl (C=O) groups is 5. The van der Waals surface area contributed by atoms with Gasteiger partial charge in [0.15, 0.2) is 54.3 Å². The number of benzene rings is 6. The smallest absolute Gasteiger partial charge is 0.349 e. The lowest BCUT2D eigenvalue weighted by molar-refractivity contribution is -0.144. The van der Waals surface area contributed by atoms with E-state index in [1.807, 2.05) is 93.5 Å².